The molecule has 3 aromatic rings. The summed E-state index contributed by atoms with van der Waals surface area (Å²) in [6.45, 7) is 7.74. The van der Waals surface area contributed by atoms with Crippen LogP contribution >= 0.6 is 11.6 Å². The molecule has 0 radical (unpaired) electrons. The number of rotatable bonds is 5. The first-order chi connectivity index (χ1) is 15.0. The number of amides is 1. The molecule has 0 atom stereocenters. The normalized spacial score (nSPS) is 14.4. The molecule has 0 aliphatic carbocycles. The van der Waals surface area contributed by atoms with E-state index in [-0.39, 0.29) is 5.91 Å². The van der Waals surface area contributed by atoms with E-state index < -0.39 is 0 Å². The van der Waals surface area contributed by atoms with Gasteiger partial charge in [0.25, 0.3) is 0 Å². The third-order valence-electron chi connectivity index (χ3n) is 5.82. The molecule has 2 aromatic carbocycles. The van der Waals surface area contributed by atoms with Crippen LogP contribution in [0.3, 0.4) is 0 Å². The summed E-state index contributed by atoms with van der Waals surface area (Å²) in [5.74, 6) is 0.0466. The first-order valence-corrected chi connectivity index (χ1v) is 10.9. The fourth-order valence-corrected chi connectivity index (χ4v) is 4.17. The number of nitrogens with zero attached hydrogens (tertiary/aromatic N) is 4. The summed E-state index contributed by atoms with van der Waals surface area (Å²) in [6.07, 6.45) is 3.57. The van der Waals surface area contributed by atoms with Crippen molar-refractivity contribution in [2.75, 3.05) is 31.1 Å². The highest BCUT2D eigenvalue weighted by molar-refractivity contribution is 6.31. The van der Waals surface area contributed by atoms with Crippen LogP contribution in [0.25, 0.3) is 6.08 Å². The molecular weight excluding hydrogens is 408 g/mol. The average molecular weight is 435 g/mol. The number of carbonyl (C=O) groups excluding carboxylic acids is 1. The number of piperazine rings is 1. The van der Waals surface area contributed by atoms with Crippen LogP contribution in [0, 0.1) is 13.8 Å². The Morgan fingerprint density at radius 3 is 2.39 bits per heavy atom. The topological polar surface area (TPSA) is 41.4 Å². The lowest BCUT2D eigenvalue weighted by Gasteiger charge is -2.35. The van der Waals surface area contributed by atoms with Gasteiger partial charge in [-0.15, -0.1) is 0 Å². The van der Waals surface area contributed by atoms with Gasteiger partial charge in [0.2, 0.25) is 5.91 Å². The van der Waals surface area contributed by atoms with Crippen LogP contribution in [0.4, 0.5) is 5.69 Å². The van der Waals surface area contributed by atoms with E-state index in [2.05, 4.69) is 22.1 Å². The quantitative estimate of drug-likeness (QED) is 0.552. The van der Waals surface area contributed by atoms with Crippen LogP contribution in [0.5, 0.6) is 0 Å². The summed E-state index contributed by atoms with van der Waals surface area (Å²) in [4.78, 5) is 17.0. The zero-order valence-electron chi connectivity index (χ0n) is 18.0. The van der Waals surface area contributed by atoms with Gasteiger partial charge in [-0.25, -0.2) is 0 Å². The standard InChI is InChI=1S/C25H27ClN4O/c1-19-23(20(2)30(27-19)18-21-8-6-7-11-24(21)26)12-13-25(31)29-16-14-28(15-17-29)22-9-4-3-5-10-22/h3-13H,14-18H2,1-2H3/b13-12+. The maximum absolute atomic E-state index is 12.8. The molecule has 31 heavy (non-hydrogen) atoms. The molecule has 160 valence electrons. The van der Waals surface area contributed by atoms with Gasteiger partial charge in [0.15, 0.2) is 0 Å². The van der Waals surface area contributed by atoms with Gasteiger partial charge < -0.3 is 9.80 Å². The van der Waals surface area contributed by atoms with Crippen molar-refractivity contribution in [3.05, 3.63) is 88.2 Å². The summed E-state index contributed by atoms with van der Waals surface area (Å²) in [5.41, 5.74) is 5.15. The van der Waals surface area contributed by atoms with Crippen molar-refractivity contribution in [1.82, 2.24) is 14.7 Å². The van der Waals surface area contributed by atoms with Crippen LogP contribution in [-0.4, -0.2) is 46.8 Å². The Labute approximate surface area is 188 Å². The second kappa shape index (κ2) is 9.40. The number of hydrogen-bond acceptors (Lipinski definition) is 3. The van der Waals surface area contributed by atoms with E-state index in [1.165, 1.54) is 5.69 Å². The third kappa shape index (κ3) is 4.83. The van der Waals surface area contributed by atoms with Gasteiger partial charge in [0.05, 0.1) is 12.2 Å². The van der Waals surface area contributed by atoms with Gasteiger partial charge in [-0.1, -0.05) is 48.0 Å². The first-order valence-electron chi connectivity index (χ1n) is 10.6. The smallest absolute Gasteiger partial charge is 0.246 e. The molecule has 4 rings (SSSR count). The van der Waals surface area contributed by atoms with Crippen molar-refractivity contribution in [2.45, 2.75) is 20.4 Å². The number of anilines is 1. The number of benzene rings is 2. The monoisotopic (exact) mass is 434 g/mol. The lowest BCUT2D eigenvalue weighted by molar-refractivity contribution is -0.126. The van der Waals surface area contributed by atoms with E-state index in [1.807, 2.05) is 72.0 Å². The number of aryl methyl sites for hydroxylation is 1. The van der Waals surface area contributed by atoms with Crippen molar-refractivity contribution >= 4 is 29.3 Å². The Balaban J connectivity index is 1.40. The first kappa shape index (κ1) is 21.2. The summed E-state index contributed by atoms with van der Waals surface area (Å²) in [5, 5.41) is 5.39. The number of carbonyl (C=O) groups is 1. The van der Waals surface area contributed by atoms with Crippen LogP contribution in [0.2, 0.25) is 5.02 Å². The lowest BCUT2D eigenvalue weighted by Crippen LogP contribution is -2.48. The highest BCUT2D eigenvalue weighted by atomic mass is 35.5. The van der Waals surface area contributed by atoms with Crippen LogP contribution in [-0.2, 0) is 11.3 Å². The van der Waals surface area contributed by atoms with Crippen molar-refractivity contribution in [3.8, 4) is 0 Å². The van der Waals surface area contributed by atoms with Gasteiger partial charge in [-0.05, 0) is 43.7 Å². The summed E-state index contributed by atoms with van der Waals surface area (Å²) in [6, 6.07) is 18.1. The Kier molecular flexibility index (Phi) is 6.42. The molecule has 1 aromatic heterocycles. The van der Waals surface area contributed by atoms with Crippen molar-refractivity contribution in [3.63, 3.8) is 0 Å². The number of hydrogen-bond donors (Lipinski definition) is 0. The van der Waals surface area contributed by atoms with E-state index in [4.69, 9.17) is 11.6 Å². The average Bonchev–Trinajstić information content (AvgIpc) is 3.06. The van der Waals surface area contributed by atoms with Crippen molar-refractivity contribution < 1.29 is 4.79 Å². The summed E-state index contributed by atoms with van der Waals surface area (Å²) < 4.78 is 1.94. The molecule has 2 heterocycles. The van der Waals surface area contributed by atoms with Gasteiger partial charge >= 0.3 is 0 Å². The number of aromatic nitrogens is 2. The van der Waals surface area contributed by atoms with E-state index in [1.54, 1.807) is 6.08 Å². The molecule has 0 bridgehead atoms. The van der Waals surface area contributed by atoms with E-state index >= 15 is 0 Å². The molecule has 6 heteroatoms. The number of halogens is 1. The molecule has 5 nitrogen and oxygen atoms in total. The highest BCUT2D eigenvalue weighted by Crippen LogP contribution is 2.21. The molecule has 1 amide bonds. The highest BCUT2D eigenvalue weighted by Gasteiger charge is 2.20. The fraction of sp³-hybridized carbons (Fsp3) is 0.280. The van der Waals surface area contributed by atoms with Gasteiger partial charge in [0, 0.05) is 54.2 Å². The molecule has 0 N–H and O–H groups in total. The molecule has 0 saturated carbocycles. The summed E-state index contributed by atoms with van der Waals surface area (Å²) >= 11 is 6.30. The minimum atomic E-state index is 0.0466. The van der Waals surface area contributed by atoms with Gasteiger partial charge in [-0.3, -0.25) is 9.48 Å². The van der Waals surface area contributed by atoms with Crippen molar-refractivity contribution in [1.29, 1.82) is 0 Å². The maximum Gasteiger partial charge on any atom is 0.246 e. The predicted molar refractivity (Wildman–Crippen MR) is 127 cm³/mol. The van der Waals surface area contributed by atoms with Crippen LogP contribution in [0.1, 0.15) is 22.5 Å². The zero-order valence-corrected chi connectivity index (χ0v) is 18.7. The molecule has 1 aliphatic rings. The fourth-order valence-electron chi connectivity index (χ4n) is 3.98. The Morgan fingerprint density at radius 2 is 1.68 bits per heavy atom. The number of para-hydroxylation sites is 1. The van der Waals surface area contributed by atoms with Crippen molar-refractivity contribution in [2.24, 2.45) is 0 Å². The maximum atomic E-state index is 12.8. The molecule has 1 fully saturated rings. The molecule has 0 unspecified atom stereocenters. The van der Waals surface area contributed by atoms with E-state index in [0.717, 1.165) is 53.7 Å². The van der Waals surface area contributed by atoms with Crippen LogP contribution < -0.4 is 4.90 Å². The van der Waals surface area contributed by atoms with Crippen LogP contribution in [0.15, 0.2) is 60.7 Å². The minimum absolute atomic E-state index is 0.0466. The summed E-state index contributed by atoms with van der Waals surface area (Å²) in [7, 11) is 0. The van der Waals surface area contributed by atoms with E-state index in [9.17, 15) is 4.79 Å². The largest absolute Gasteiger partial charge is 0.368 e. The zero-order chi connectivity index (χ0) is 21.8. The second-order valence-electron chi connectivity index (χ2n) is 7.81. The minimum Gasteiger partial charge on any atom is -0.368 e. The molecular formula is C25H27ClN4O. The third-order valence-corrected chi connectivity index (χ3v) is 6.19. The Hall–Kier alpha value is -3.05. The lowest BCUT2D eigenvalue weighted by atomic mass is 10.1. The van der Waals surface area contributed by atoms with E-state index in [0.29, 0.717) is 6.54 Å². The van der Waals surface area contributed by atoms with Gasteiger partial charge in [-0.2, -0.15) is 5.10 Å². The van der Waals surface area contributed by atoms with Gasteiger partial charge in [0.1, 0.15) is 0 Å². The Bertz CT molecular complexity index is 1080. The molecule has 1 saturated heterocycles. The Morgan fingerprint density at radius 1 is 1.00 bits per heavy atom. The second-order valence-corrected chi connectivity index (χ2v) is 8.22. The molecule has 0 spiro atoms. The predicted octanol–water partition coefficient (Wildman–Crippen LogP) is 4.56. The SMILES string of the molecule is Cc1nn(Cc2ccccc2Cl)c(C)c1/C=C/C(=O)N1CCN(c2ccccc2)CC1. The molecule has 1 aliphatic heterocycles.